The molecule has 2 aromatic rings. The third-order valence-corrected chi connectivity index (χ3v) is 3.98. The third-order valence-electron chi connectivity index (χ3n) is 3.98. The fraction of sp³-hybridized carbons (Fsp3) is 0.389. The van der Waals surface area contributed by atoms with E-state index in [4.69, 9.17) is 9.47 Å². The summed E-state index contributed by atoms with van der Waals surface area (Å²) >= 11 is 0. The molecule has 0 radical (unpaired) electrons. The van der Waals surface area contributed by atoms with Gasteiger partial charge in [-0.15, -0.1) is 0 Å². The summed E-state index contributed by atoms with van der Waals surface area (Å²) in [5.74, 6) is 2.22. The van der Waals surface area contributed by atoms with Crippen molar-refractivity contribution < 1.29 is 9.47 Å². The number of aromatic nitrogens is 2. The molecule has 0 unspecified atom stereocenters. The van der Waals surface area contributed by atoms with Gasteiger partial charge in [-0.1, -0.05) is 0 Å². The largest absolute Gasteiger partial charge is 0.497 e. The van der Waals surface area contributed by atoms with Gasteiger partial charge in [0.25, 0.3) is 0 Å². The van der Waals surface area contributed by atoms with Crippen LogP contribution in [0.2, 0.25) is 0 Å². The van der Waals surface area contributed by atoms with Crippen LogP contribution < -0.4 is 15.1 Å². The van der Waals surface area contributed by atoms with E-state index in [0.717, 1.165) is 35.8 Å². The molecule has 1 fully saturated rings. The van der Waals surface area contributed by atoms with Crippen LogP contribution in [0.5, 0.6) is 5.75 Å². The number of hydrogen-bond donors (Lipinski definition) is 1. The van der Waals surface area contributed by atoms with Crippen LogP contribution in [-0.4, -0.2) is 49.1 Å². The molecule has 0 amide bonds. The number of hydrogen-bond acceptors (Lipinski definition) is 7. The van der Waals surface area contributed by atoms with E-state index in [1.165, 1.54) is 0 Å². The Morgan fingerprint density at radius 1 is 1.20 bits per heavy atom. The number of aryl methyl sites for hydroxylation is 1. The normalized spacial score (nSPS) is 15.2. The molecule has 0 saturated carbocycles. The SMILES string of the molecule is COc1ccc(/C(C)=N\Nc2cc(C)nc(N3CCOCC3)n2)cc1. The summed E-state index contributed by atoms with van der Waals surface area (Å²) in [6.45, 7) is 6.92. The zero-order valence-corrected chi connectivity index (χ0v) is 14.8. The number of methoxy groups -OCH3 is 1. The van der Waals surface area contributed by atoms with Crippen molar-refractivity contribution in [2.45, 2.75) is 13.8 Å². The van der Waals surface area contributed by atoms with Crippen molar-refractivity contribution >= 4 is 17.5 Å². The molecule has 0 bridgehead atoms. The van der Waals surface area contributed by atoms with Crippen LogP contribution in [0.15, 0.2) is 35.4 Å². The molecule has 25 heavy (non-hydrogen) atoms. The van der Waals surface area contributed by atoms with Gasteiger partial charge in [0.1, 0.15) is 5.75 Å². The van der Waals surface area contributed by atoms with Gasteiger partial charge in [-0.25, -0.2) is 4.98 Å². The zero-order valence-electron chi connectivity index (χ0n) is 14.8. The van der Waals surface area contributed by atoms with Crippen LogP contribution in [0, 0.1) is 6.92 Å². The summed E-state index contributed by atoms with van der Waals surface area (Å²) in [6, 6.07) is 9.67. The number of benzene rings is 1. The summed E-state index contributed by atoms with van der Waals surface area (Å²) in [6.07, 6.45) is 0. The smallest absolute Gasteiger partial charge is 0.227 e. The highest BCUT2D eigenvalue weighted by Crippen LogP contribution is 2.16. The Morgan fingerprint density at radius 2 is 1.92 bits per heavy atom. The zero-order chi connectivity index (χ0) is 17.6. The number of anilines is 2. The second-order valence-corrected chi connectivity index (χ2v) is 5.83. The van der Waals surface area contributed by atoms with Crippen molar-refractivity contribution in [1.29, 1.82) is 0 Å². The van der Waals surface area contributed by atoms with Crippen molar-refractivity contribution in [2.24, 2.45) is 5.10 Å². The Hall–Kier alpha value is -2.67. The first-order valence-electron chi connectivity index (χ1n) is 8.29. The van der Waals surface area contributed by atoms with Gasteiger partial charge < -0.3 is 14.4 Å². The first-order valence-corrected chi connectivity index (χ1v) is 8.29. The van der Waals surface area contributed by atoms with E-state index in [0.29, 0.717) is 25.0 Å². The molecule has 0 aliphatic carbocycles. The number of hydrazone groups is 1. The number of nitrogens with one attached hydrogen (secondary N) is 1. The van der Waals surface area contributed by atoms with Crippen LogP contribution in [0.1, 0.15) is 18.2 Å². The molecule has 1 aromatic heterocycles. The van der Waals surface area contributed by atoms with E-state index in [-0.39, 0.29) is 0 Å². The summed E-state index contributed by atoms with van der Waals surface area (Å²) in [4.78, 5) is 11.2. The summed E-state index contributed by atoms with van der Waals surface area (Å²) < 4.78 is 10.6. The molecule has 7 nitrogen and oxygen atoms in total. The fourth-order valence-corrected chi connectivity index (χ4v) is 2.55. The quantitative estimate of drug-likeness (QED) is 0.665. The topological polar surface area (TPSA) is 71.9 Å². The van der Waals surface area contributed by atoms with E-state index in [2.05, 4.69) is 25.4 Å². The maximum Gasteiger partial charge on any atom is 0.227 e. The molecular formula is C18H23N5O2. The van der Waals surface area contributed by atoms with Gasteiger partial charge in [0.2, 0.25) is 5.95 Å². The second kappa shape index (κ2) is 7.94. The molecule has 2 heterocycles. The van der Waals surface area contributed by atoms with Crippen molar-refractivity contribution in [3.8, 4) is 5.75 Å². The molecule has 7 heteroatoms. The molecule has 0 atom stereocenters. The van der Waals surface area contributed by atoms with Crippen molar-refractivity contribution in [2.75, 3.05) is 43.7 Å². The van der Waals surface area contributed by atoms with Crippen molar-refractivity contribution in [1.82, 2.24) is 9.97 Å². The maximum atomic E-state index is 5.38. The van der Waals surface area contributed by atoms with Crippen LogP contribution in [0.25, 0.3) is 0 Å². The minimum Gasteiger partial charge on any atom is -0.497 e. The Balaban J connectivity index is 1.73. The highest BCUT2D eigenvalue weighted by atomic mass is 16.5. The Bertz CT molecular complexity index is 740. The lowest BCUT2D eigenvalue weighted by Gasteiger charge is -2.27. The number of ether oxygens (including phenoxy) is 2. The van der Waals surface area contributed by atoms with Gasteiger partial charge in [-0.2, -0.15) is 10.1 Å². The van der Waals surface area contributed by atoms with Gasteiger partial charge in [-0.3, -0.25) is 5.43 Å². The van der Waals surface area contributed by atoms with Crippen LogP contribution in [0.4, 0.5) is 11.8 Å². The lowest BCUT2D eigenvalue weighted by molar-refractivity contribution is 0.122. The highest BCUT2D eigenvalue weighted by molar-refractivity contribution is 5.99. The van der Waals surface area contributed by atoms with E-state index >= 15 is 0 Å². The maximum absolute atomic E-state index is 5.38. The van der Waals surface area contributed by atoms with Gasteiger partial charge in [0, 0.05) is 24.8 Å². The molecule has 1 saturated heterocycles. The first-order chi connectivity index (χ1) is 12.2. The third kappa shape index (κ3) is 4.45. The standard InChI is InChI=1S/C18H23N5O2/c1-13-12-17(20-18(19-13)23-8-10-25-11-9-23)22-21-14(2)15-4-6-16(24-3)7-5-15/h4-7,12H,8-11H2,1-3H3,(H,19,20,22)/b21-14-. The van der Waals surface area contributed by atoms with Gasteiger partial charge in [0.15, 0.2) is 5.82 Å². The van der Waals surface area contributed by atoms with E-state index in [9.17, 15) is 0 Å². The fourth-order valence-electron chi connectivity index (χ4n) is 2.55. The highest BCUT2D eigenvalue weighted by Gasteiger charge is 2.14. The van der Waals surface area contributed by atoms with E-state index in [1.54, 1.807) is 7.11 Å². The van der Waals surface area contributed by atoms with Crippen LogP contribution >= 0.6 is 0 Å². The number of morpholine rings is 1. The average molecular weight is 341 g/mol. The Kier molecular flexibility index (Phi) is 5.45. The Labute approximate surface area is 147 Å². The molecule has 3 rings (SSSR count). The molecule has 1 aliphatic rings. The molecule has 1 aromatic carbocycles. The van der Waals surface area contributed by atoms with Gasteiger partial charge >= 0.3 is 0 Å². The molecule has 1 N–H and O–H groups in total. The number of nitrogens with zero attached hydrogens (tertiary/aromatic N) is 4. The van der Waals surface area contributed by atoms with Crippen LogP contribution in [0.3, 0.4) is 0 Å². The minimum absolute atomic E-state index is 0.682. The summed E-state index contributed by atoms with van der Waals surface area (Å²) in [5, 5.41) is 4.44. The van der Waals surface area contributed by atoms with Gasteiger partial charge in [-0.05, 0) is 43.7 Å². The predicted molar refractivity (Wildman–Crippen MR) is 98.6 cm³/mol. The van der Waals surface area contributed by atoms with E-state index in [1.807, 2.05) is 44.2 Å². The molecule has 132 valence electrons. The van der Waals surface area contributed by atoms with Crippen molar-refractivity contribution in [3.05, 3.63) is 41.6 Å². The molecule has 0 spiro atoms. The summed E-state index contributed by atoms with van der Waals surface area (Å²) in [7, 11) is 1.65. The lowest BCUT2D eigenvalue weighted by Crippen LogP contribution is -2.37. The average Bonchev–Trinajstić information content (AvgIpc) is 2.66. The van der Waals surface area contributed by atoms with Crippen LogP contribution in [-0.2, 0) is 4.74 Å². The van der Waals surface area contributed by atoms with Crippen molar-refractivity contribution in [3.63, 3.8) is 0 Å². The molecular weight excluding hydrogens is 318 g/mol. The summed E-state index contributed by atoms with van der Waals surface area (Å²) in [5.41, 5.74) is 5.83. The Morgan fingerprint density at radius 3 is 2.60 bits per heavy atom. The van der Waals surface area contributed by atoms with E-state index < -0.39 is 0 Å². The monoisotopic (exact) mass is 341 g/mol. The first kappa shape index (κ1) is 17.2. The molecule has 1 aliphatic heterocycles. The predicted octanol–water partition coefficient (Wildman–Crippen LogP) is 2.47. The van der Waals surface area contributed by atoms with Gasteiger partial charge in [0.05, 0.1) is 26.0 Å². The lowest BCUT2D eigenvalue weighted by atomic mass is 10.1. The number of rotatable bonds is 5. The second-order valence-electron chi connectivity index (χ2n) is 5.83. The minimum atomic E-state index is 0.682.